The summed E-state index contributed by atoms with van der Waals surface area (Å²) in [4.78, 5) is 4.26. The number of rotatable bonds is 1. The van der Waals surface area contributed by atoms with E-state index in [1.54, 1.807) is 16.7 Å². The summed E-state index contributed by atoms with van der Waals surface area (Å²) in [5.41, 5.74) is 8.82. The number of nitrogen functional groups attached to an aromatic ring is 1. The summed E-state index contributed by atoms with van der Waals surface area (Å²) >= 11 is 12.8. The van der Waals surface area contributed by atoms with Gasteiger partial charge in [-0.05, 0) is 62.5 Å². The van der Waals surface area contributed by atoms with Gasteiger partial charge in [-0.15, -0.1) is 0 Å². The van der Waals surface area contributed by atoms with E-state index in [2.05, 4.69) is 36.8 Å². The van der Waals surface area contributed by atoms with Gasteiger partial charge < -0.3 is 5.73 Å². The van der Waals surface area contributed by atoms with E-state index < -0.39 is 0 Å². The molecule has 2 aromatic carbocycles. The van der Waals surface area contributed by atoms with Crippen LogP contribution in [0.1, 0.15) is 5.56 Å². The molecule has 1 heterocycles. The lowest BCUT2D eigenvalue weighted by molar-refractivity contribution is 0.622. The minimum atomic E-state index is -0.377. The first-order valence-corrected chi connectivity index (χ1v) is 7.94. The first-order chi connectivity index (χ1) is 9.88. The average molecular weight is 434 g/mol. The molecule has 1 aromatic heterocycles. The molecule has 21 heavy (non-hydrogen) atoms. The standard InChI is InChI=1S/C14H9Br2ClFN3/c1-6-2-8(16)12(4-9(6)17)21-13-5-10(18)7(15)3-11(13)20-14(21)19/h2-5H,1H3,(H2,19,20). The van der Waals surface area contributed by atoms with E-state index in [4.69, 9.17) is 17.3 Å². The van der Waals surface area contributed by atoms with Crippen molar-refractivity contribution in [2.45, 2.75) is 6.92 Å². The van der Waals surface area contributed by atoms with Crippen molar-refractivity contribution >= 4 is 60.4 Å². The molecule has 3 rings (SSSR count). The van der Waals surface area contributed by atoms with Crippen LogP contribution in [0.2, 0.25) is 5.02 Å². The Balaban J connectivity index is 2.37. The Morgan fingerprint density at radius 2 is 1.90 bits per heavy atom. The van der Waals surface area contributed by atoms with Gasteiger partial charge in [-0.3, -0.25) is 4.57 Å². The first-order valence-electron chi connectivity index (χ1n) is 5.97. The summed E-state index contributed by atoms with van der Waals surface area (Å²) < 4.78 is 16.7. The molecule has 108 valence electrons. The number of halogens is 4. The predicted molar refractivity (Wildman–Crippen MR) is 90.6 cm³/mol. The molecule has 0 atom stereocenters. The minimum Gasteiger partial charge on any atom is -0.369 e. The lowest BCUT2D eigenvalue weighted by Gasteiger charge is -2.11. The van der Waals surface area contributed by atoms with Gasteiger partial charge in [-0.1, -0.05) is 11.6 Å². The van der Waals surface area contributed by atoms with Crippen LogP contribution < -0.4 is 5.73 Å². The molecule has 0 saturated carbocycles. The van der Waals surface area contributed by atoms with Gasteiger partial charge in [-0.2, -0.15) is 0 Å². The Bertz CT molecular complexity index is 877. The Morgan fingerprint density at radius 3 is 2.62 bits per heavy atom. The summed E-state index contributed by atoms with van der Waals surface area (Å²) in [5.74, 6) is -0.110. The van der Waals surface area contributed by atoms with E-state index in [1.807, 2.05) is 13.0 Å². The highest BCUT2D eigenvalue weighted by Gasteiger charge is 2.16. The van der Waals surface area contributed by atoms with Crippen molar-refractivity contribution < 1.29 is 4.39 Å². The summed E-state index contributed by atoms with van der Waals surface area (Å²) in [6.45, 7) is 1.91. The van der Waals surface area contributed by atoms with Gasteiger partial charge in [0.25, 0.3) is 0 Å². The van der Waals surface area contributed by atoms with Gasteiger partial charge in [0.2, 0.25) is 5.95 Å². The third kappa shape index (κ3) is 2.45. The zero-order valence-electron chi connectivity index (χ0n) is 10.8. The number of benzene rings is 2. The van der Waals surface area contributed by atoms with Gasteiger partial charge in [0, 0.05) is 15.6 Å². The summed E-state index contributed by atoms with van der Waals surface area (Å²) in [6.07, 6.45) is 0. The molecule has 0 spiro atoms. The van der Waals surface area contributed by atoms with E-state index in [0.29, 0.717) is 26.2 Å². The van der Waals surface area contributed by atoms with Crippen molar-refractivity contribution in [2.75, 3.05) is 5.73 Å². The fourth-order valence-electron chi connectivity index (χ4n) is 2.15. The number of aromatic nitrogens is 2. The molecule has 2 N–H and O–H groups in total. The van der Waals surface area contributed by atoms with Gasteiger partial charge >= 0.3 is 0 Å². The smallest absolute Gasteiger partial charge is 0.205 e. The van der Waals surface area contributed by atoms with Crippen LogP contribution >= 0.6 is 43.5 Å². The highest BCUT2D eigenvalue weighted by molar-refractivity contribution is 9.10. The molecular weight excluding hydrogens is 424 g/mol. The van der Waals surface area contributed by atoms with E-state index in [1.165, 1.54) is 6.07 Å². The molecule has 0 amide bonds. The van der Waals surface area contributed by atoms with Crippen LogP contribution in [0, 0.1) is 12.7 Å². The zero-order chi connectivity index (χ0) is 15.3. The second-order valence-corrected chi connectivity index (χ2v) is 6.73. The number of hydrogen-bond donors (Lipinski definition) is 1. The Morgan fingerprint density at radius 1 is 1.19 bits per heavy atom. The summed E-state index contributed by atoms with van der Waals surface area (Å²) in [5, 5.41) is 0.604. The van der Waals surface area contributed by atoms with Crippen molar-refractivity contribution in [3.05, 3.63) is 49.6 Å². The normalized spacial score (nSPS) is 11.3. The van der Waals surface area contributed by atoms with Crippen LogP contribution in [0.4, 0.5) is 10.3 Å². The maximum absolute atomic E-state index is 13.8. The number of imidazole rings is 1. The Kier molecular flexibility index (Phi) is 3.71. The number of anilines is 1. The van der Waals surface area contributed by atoms with Crippen molar-refractivity contribution in [3.8, 4) is 5.69 Å². The molecular formula is C14H9Br2ClFN3. The van der Waals surface area contributed by atoms with E-state index in [9.17, 15) is 4.39 Å². The Labute approximate surface area is 142 Å². The van der Waals surface area contributed by atoms with Crippen LogP contribution in [0.25, 0.3) is 16.7 Å². The number of nitrogens with two attached hydrogens (primary N) is 1. The van der Waals surface area contributed by atoms with E-state index in [0.717, 1.165) is 10.0 Å². The molecule has 0 saturated heterocycles. The van der Waals surface area contributed by atoms with E-state index in [-0.39, 0.29) is 11.8 Å². The lowest BCUT2D eigenvalue weighted by atomic mass is 10.2. The molecule has 0 radical (unpaired) electrons. The Hall–Kier alpha value is -1.11. The average Bonchev–Trinajstić information content (AvgIpc) is 2.70. The molecule has 3 nitrogen and oxygen atoms in total. The van der Waals surface area contributed by atoms with Gasteiger partial charge in [0.05, 0.1) is 21.2 Å². The number of fused-ring (bicyclic) bond motifs is 1. The van der Waals surface area contributed by atoms with Gasteiger partial charge in [0.1, 0.15) is 5.82 Å². The van der Waals surface area contributed by atoms with Crippen molar-refractivity contribution in [1.82, 2.24) is 9.55 Å². The molecule has 0 unspecified atom stereocenters. The monoisotopic (exact) mass is 431 g/mol. The number of aryl methyl sites for hydroxylation is 1. The first kappa shape index (κ1) is 14.8. The molecule has 0 bridgehead atoms. The second-order valence-electron chi connectivity index (χ2n) is 4.61. The molecule has 0 aliphatic heterocycles. The van der Waals surface area contributed by atoms with E-state index >= 15 is 0 Å². The number of nitrogens with zero attached hydrogens (tertiary/aromatic N) is 2. The zero-order valence-corrected chi connectivity index (χ0v) is 14.7. The maximum Gasteiger partial charge on any atom is 0.205 e. The summed E-state index contributed by atoms with van der Waals surface area (Å²) in [7, 11) is 0. The fraction of sp³-hybridized carbons (Fsp3) is 0.0714. The summed E-state index contributed by atoms with van der Waals surface area (Å²) in [6, 6.07) is 6.65. The van der Waals surface area contributed by atoms with Crippen LogP contribution in [0.15, 0.2) is 33.2 Å². The lowest BCUT2D eigenvalue weighted by Crippen LogP contribution is -2.02. The van der Waals surface area contributed by atoms with Crippen molar-refractivity contribution in [2.24, 2.45) is 0 Å². The predicted octanol–water partition coefficient (Wildman–Crippen LogP) is 5.23. The van der Waals surface area contributed by atoms with Crippen LogP contribution in [-0.2, 0) is 0 Å². The molecule has 0 aliphatic carbocycles. The second kappa shape index (κ2) is 5.26. The highest BCUT2D eigenvalue weighted by atomic mass is 79.9. The minimum absolute atomic E-state index is 0.267. The van der Waals surface area contributed by atoms with Crippen LogP contribution in [-0.4, -0.2) is 9.55 Å². The van der Waals surface area contributed by atoms with Gasteiger partial charge in [0.15, 0.2) is 0 Å². The van der Waals surface area contributed by atoms with Crippen molar-refractivity contribution in [1.29, 1.82) is 0 Å². The molecule has 7 heteroatoms. The molecule has 0 aliphatic rings. The van der Waals surface area contributed by atoms with Crippen molar-refractivity contribution in [3.63, 3.8) is 0 Å². The van der Waals surface area contributed by atoms with Crippen LogP contribution in [0.5, 0.6) is 0 Å². The number of hydrogen-bond acceptors (Lipinski definition) is 2. The maximum atomic E-state index is 13.8. The fourth-order valence-corrected chi connectivity index (χ4v) is 3.28. The SMILES string of the molecule is Cc1cc(Br)c(-n2c(N)nc3cc(Br)c(F)cc32)cc1Cl. The highest BCUT2D eigenvalue weighted by Crippen LogP contribution is 2.33. The van der Waals surface area contributed by atoms with Crippen LogP contribution in [0.3, 0.4) is 0 Å². The molecule has 0 fully saturated rings. The topological polar surface area (TPSA) is 43.8 Å². The quantitative estimate of drug-likeness (QED) is 0.571. The van der Waals surface area contributed by atoms with Gasteiger partial charge in [-0.25, -0.2) is 9.37 Å². The third-order valence-electron chi connectivity index (χ3n) is 3.19. The largest absolute Gasteiger partial charge is 0.369 e. The molecule has 3 aromatic rings. The third-order valence-corrected chi connectivity index (χ3v) is 4.84.